The van der Waals surface area contributed by atoms with E-state index >= 15 is 0 Å². The summed E-state index contributed by atoms with van der Waals surface area (Å²) in [6.07, 6.45) is 5.16. The van der Waals surface area contributed by atoms with Crippen molar-refractivity contribution in [2.45, 2.75) is 40.3 Å². The van der Waals surface area contributed by atoms with Gasteiger partial charge in [0.25, 0.3) is 17.7 Å². The van der Waals surface area contributed by atoms with E-state index in [2.05, 4.69) is 0 Å². The molecule has 0 saturated heterocycles. The van der Waals surface area contributed by atoms with Gasteiger partial charge in [-0.05, 0) is 85.7 Å². The highest BCUT2D eigenvalue weighted by Crippen LogP contribution is 2.32. The molecule has 0 radical (unpaired) electrons. The molecule has 3 amide bonds. The molecule has 2 aromatic carbocycles. The maximum absolute atomic E-state index is 12.1. The van der Waals surface area contributed by atoms with E-state index in [4.69, 9.17) is 0 Å². The molecule has 0 saturated carbocycles. The molecule has 1 unspecified atom stereocenters. The Bertz CT molecular complexity index is 1170. The maximum atomic E-state index is 12.1. The fourth-order valence-electron chi connectivity index (χ4n) is 4.17. The zero-order valence-electron chi connectivity index (χ0n) is 18.0. The van der Waals surface area contributed by atoms with E-state index in [9.17, 15) is 19.5 Å². The molecule has 0 bridgehead atoms. The number of aliphatic hydroxyl groups excluding tert-OH is 1. The van der Waals surface area contributed by atoms with Crippen LogP contribution in [0, 0.1) is 27.7 Å². The van der Waals surface area contributed by atoms with Crippen LogP contribution < -0.4 is 9.80 Å². The first-order valence-electron chi connectivity index (χ1n) is 10.1. The molecule has 6 heteroatoms. The summed E-state index contributed by atoms with van der Waals surface area (Å²) in [5, 5.41) is 10.1. The second kappa shape index (κ2) is 7.63. The second-order valence-corrected chi connectivity index (χ2v) is 8.13. The lowest BCUT2D eigenvalue weighted by molar-refractivity contribution is -0.120. The number of anilines is 2. The largest absolute Gasteiger partial charge is 0.369 e. The maximum Gasteiger partial charge on any atom is 0.258 e. The van der Waals surface area contributed by atoms with Crippen LogP contribution in [-0.4, -0.2) is 29.1 Å². The first kappa shape index (κ1) is 20.8. The van der Waals surface area contributed by atoms with Crippen LogP contribution in [-0.2, 0) is 20.8 Å². The zero-order chi connectivity index (χ0) is 22.4. The second-order valence-electron chi connectivity index (χ2n) is 8.13. The summed E-state index contributed by atoms with van der Waals surface area (Å²) in [5.41, 5.74) is 7.29. The number of benzene rings is 2. The monoisotopic (exact) mass is 416 g/mol. The Kier molecular flexibility index (Phi) is 5.11. The molecule has 158 valence electrons. The van der Waals surface area contributed by atoms with Gasteiger partial charge >= 0.3 is 0 Å². The summed E-state index contributed by atoms with van der Waals surface area (Å²) in [6.45, 7) is 7.78. The molecule has 2 aromatic rings. The highest BCUT2D eigenvalue weighted by Gasteiger charge is 2.28. The van der Waals surface area contributed by atoms with Crippen molar-refractivity contribution in [1.82, 2.24) is 0 Å². The van der Waals surface area contributed by atoms with Crippen molar-refractivity contribution >= 4 is 29.1 Å². The number of hydrogen-bond donors (Lipinski definition) is 1. The SMILES string of the molecule is Cc1cc(N2C(=O)C=CC2=O)c(C)cc1Cc1cc(C)c(N2C(=O)C=CC2O)cc1C. The van der Waals surface area contributed by atoms with Gasteiger partial charge in [0.15, 0.2) is 6.23 Å². The Morgan fingerprint density at radius 1 is 0.710 bits per heavy atom. The molecular formula is C25H24N2O4. The molecule has 0 aliphatic carbocycles. The molecule has 0 spiro atoms. The summed E-state index contributed by atoms with van der Waals surface area (Å²) in [5.74, 6) is -0.879. The highest BCUT2D eigenvalue weighted by atomic mass is 16.3. The van der Waals surface area contributed by atoms with Crippen molar-refractivity contribution in [3.8, 4) is 0 Å². The minimum atomic E-state index is -0.945. The Morgan fingerprint density at radius 3 is 1.74 bits per heavy atom. The summed E-state index contributed by atoms with van der Waals surface area (Å²) in [6, 6.07) is 7.88. The normalized spacial score (nSPS) is 18.1. The number of aliphatic hydroxyl groups is 1. The van der Waals surface area contributed by atoms with Gasteiger partial charge in [-0.25, -0.2) is 4.90 Å². The molecule has 2 aliphatic heterocycles. The van der Waals surface area contributed by atoms with Crippen LogP contribution in [0.1, 0.15) is 33.4 Å². The van der Waals surface area contributed by atoms with E-state index in [0.717, 1.165) is 33.4 Å². The molecule has 0 aromatic heterocycles. The van der Waals surface area contributed by atoms with Gasteiger partial charge < -0.3 is 5.11 Å². The minimum absolute atomic E-state index is 0.231. The smallest absolute Gasteiger partial charge is 0.258 e. The average Bonchev–Trinajstić information content (AvgIpc) is 3.21. The fraction of sp³-hybridized carbons (Fsp3) is 0.240. The predicted octanol–water partition coefficient (Wildman–Crippen LogP) is 3.16. The summed E-state index contributed by atoms with van der Waals surface area (Å²) < 4.78 is 0. The Hall–Kier alpha value is -3.51. The molecule has 2 aliphatic rings. The summed E-state index contributed by atoms with van der Waals surface area (Å²) in [4.78, 5) is 38.8. The number of amides is 3. The van der Waals surface area contributed by atoms with Crippen LogP contribution in [0.25, 0.3) is 0 Å². The predicted molar refractivity (Wildman–Crippen MR) is 119 cm³/mol. The number of carbonyl (C=O) groups is 3. The van der Waals surface area contributed by atoms with Crippen LogP contribution in [0.5, 0.6) is 0 Å². The van der Waals surface area contributed by atoms with Crippen LogP contribution in [0.15, 0.2) is 48.6 Å². The number of nitrogens with zero attached hydrogens (tertiary/aromatic N) is 2. The molecule has 2 heterocycles. The van der Waals surface area contributed by atoms with Crippen molar-refractivity contribution < 1.29 is 19.5 Å². The molecule has 31 heavy (non-hydrogen) atoms. The van der Waals surface area contributed by atoms with Crippen LogP contribution in [0.2, 0.25) is 0 Å². The lowest BCUT2D eigenvalue weighted by Gasteiger charge is -2.24. The minimum Gasteiger partial charge on any atom is -0.369 e. The molecule has 4 rings (SSSR count). The van der Waals surface area contributed by atoms with E-state index in [0.29, 0.717) is 17.8 Å². The van der Waals surface area contributed by atoms with Crippen molar-refractivity contribution in [1.29, 1.82) is 0 Å². The van der Waals surface area contributed by atoms with E-state index in [1.807, 2.05) is 52.0 Å². The summed E-state index contributed by atoms with van der Waals surface area (Å²) in [7, 11) is 0. The van der Waals surface area contributed by atoms with Crippen molar-refractivity contribution in [3.05, 3.63) is 82.0 Å². The third-order valence-corrected chi connectivity index (χ3v) is 5.91. The van der Waals surface area contributed by atoms with Gasteiger partial charge in [0.05, 0.1) is 11.4 Å². The highest BCUT2D eigenvalue weighted by molar-refractivity contribution is 6.28. The first-order valence-corrected chi connectivity index (χ1v) is 10.1. The number of aryl methyl sites for hydroxylation is 4. The molecule has 6 nitrogen and oxygen atoms in total. The van der Waals surface area contributed by atoms with Gasteiger partial charge in [-0.2, -0.15) is 0 Å². The number of imide groups is 1. The Balaban J connectivity index is 1.65. The molecule has 1 N–H and O–H groups in total. The third-order valence-electron chi connectivity index (χ3n) is 5.91. The zero-order valence-corrected chi connectivity index (χ0v) is 18.0. The number of rotatable bonds is 4. The van der Waals surface area contributed by atoms with Gasteiger partial charge in [-0.1, -0.05) is 12.1 Å². The van der Waals surface area contributed by atoms with Crippen molar-refractivity contribution in [2.24, 2.45) is 0 Å². The van der Waals surface area contributed by atoms with Gasteiger partial charge in [-0.3, -0.25) is 19.3 Å². The standard InChI is InChI=1S/C25H24N2O4/c1-14-11-20(26-22(28)5-6-23(26)29)16(3)9-18(14)13-19-10-17(4)21(12-15(19)2)27-24(30)7-8-25(27)31/h5-12,22,28H,13H2,1-4H3. The lowest BCUT2D eigenvalue weighted by atomic mass is 9.93. The molecule has 1 atom stereocenters. The van der Waals surface area contributed by atoms with E-state index in [-0.39, 0.29) is 17.7 Å². The van der Waals surface area contributed by atoms with Crippen LogP contribution in [0.4, 0.5) is 11.4 Å². The molecule has 0 fully saturated rings. The van der Waals surface area contributed by atoms with E-state index in [1.54, 1.807) is 0 Å². The van der Waals surface area contributed by atoms with Crippen molar-refractivity contribution in [3.63, 3.8) is 0 Å². The van der Waals surface area contributed by atoms with E-state index < -0.39 is 6.23 Å². The van der Waals surface area contributed by atoms with Gasteiger partial charge in [0.2, 0.25) is 0 Å². The number of carbonyl (C=O) groups excluding carboxylic acids is 3. The van der Waals surface area contributed by atoms with Gasteiger partial charge in [0, 0.05) is 18.2 Å². The van der Waals surface area contributed by atoms with Gasteiger partial charge in [0.1, 0.15) is 0 Å². The molecular weight excluding hydrogens is 392 g/mol. The number of hydrogen-bond acceptors (Lipinski definition) is 4. The topological polar surface area (TPSA) is 77.9 Å². The van der Waals surface area contributed by atoms with Crippen molar-refractivity contribution in [2.75, 3.05) is 9.80 Å². The fourth-order valence-corrected chi connectivity index (χ4v) is 4.17. The average molecular weight is 416 g/mol. The third kappa shape index (κ3) is 3.59. The summed E-state index contributed by atoms with van der Waals surface area (Å²) >= 11 is 0. The van der Waals surface area contributed by atoms with E-state index in [1.165, 1.54) is 34.1 Å². The first-order chi connectivity index (χ1) is 14.7. The van der Waals surface area contributed by atoms with Crippen LogP contribution >= 0.6 is 0 Å². The van der Waals surface area contributed by atoms with Gasteiger partial charge in [-0.15, -0.1) is 0 Å². The lowest BCUT2D eigenvalue weighted by Crippen LogP contribution is -2.34. The van der Waals surface area contributed by atoms with Crippen LogP contribution in [0.3, 0.4) is 0 Å². The quantitative estimate of drug-likeness (QED) is 0.777. The Labute approximate surface area is 181 Å². The Morgan fingerprint density at radius 2 is 1.23 bits per heavy atom.